The topological polar surface area (TPSA) is 75.4 Å². The minimum absolute atomic E-state index is 0.353. The molecule has 0 bridgehead atoms. The van der Waals surface area contributed by atoms with Crippen LogP contribution in [0.25, 0.3) is 21.5 Å². The summed E-state index contributed by atoms with van der Waals surface area (Å²) in [5.74, 6) is 0.775. The number of nitrogens with zero attached hydrogens (tertiary/aromatic N) is 3. The van der Waals surface area contributed by atoms with Gasteiger partial charge in [-0.2, -0.15) is 9.29 Å². The van der Waals surface area contributed by atoms with E-state index >= 15 is 0 Å². The SMILES string of the molecule is O=S(=O)(c1ccc2ccccc2c1)N1CC[NH+](Cn2[nH]c(-c3cccs3)nc2=S)CC1. The first-order chi connectivity index (χ1) is 15.0. The lowest BCUT2D eigenvalue weighted by Crippen LogP contribution is -3.14. The highest BCUT2D eigenvalue weighted by molar-refractivity contribution is 7.89. The molecule has 2 aromatic heterocycles. The number of rotatable bonds is 5. The molecule has 2 aromatic carbocycles. The number of thiophene rings is 1. The summed E-state index contributed by atoms with van der Waals surface area (Å²) in [6.07, 6.45) is 0. The summed E-state index contributed by atoms with van der Waals surface area (Å²) < 4.78 is 30.3. The Morgan fingerprint density at radius 1 is 1.06 bits per heavy atom. The lowest BCUT2D eigenvalue weighted by molar-refractivity contribution is -0.926. The molecule has 1 aliphatic rings. The van der Waals surface area contributed by atoms with Crippen LogP contribution in [0.4, 0.5) is 0 Å². The molecular formula is C21H22N5O2S3+. The van der Waals surface area contributed by atoms with E-state index in [-0.39, 0.29) is 0 Å². The Morgan fingerprint density at radius 3 is 2.58 bits per heavy atom. The van der Waals surface area contributed by atoms with Gasteiger partial charge in [-0.1, -0.05) is 36.4 Å². The average Bonchev–Trinajstić information content (AvgIpc) is 3.44. The Hall–Kier alpha value is -2.37. The Morgan fingerprint density at radius 2 is 1.84 bits per heavy atom. The molecule has 1 saturated heterocycles. The lowest BCUT2D eigenvalue weighted by Gasteiger charge is -2.31. The van der Waals surface area contributed by atoms with Crippen LogP contribution < -0.4 is 4.90 Å². The molecule has 31 heavy (non-hydrogen) atoms. The van der Waals surface area contributed by atoms with Crippen LogP contribution in [0.5, 0.6) is 0 Å². The van der Waals surface area contributed by atoms with Gasteiger partial charge in [-0.05, 0) is 46.6 Å². The van der Waals surface area contributed by atoms with E-state index in [2.05, 4.69) is 10.1 Å². The summed E-state index contributed by atoms with van der Waals surface area (Å²) in [4.78, 5) is 7.12. The number of nitrogens with one attached hydrogen (secondary N) is 2. The number of hydrogen-bond donors (Lipinski definition) is 2. The van der Waals surface area contributed by atoms with Crippen molar-refractivity contribution >= 4 is 44.4 Å². The third kappa shape index (κ3) is 4.09. The van der Waals surface area contributed by atoms with Gasteiger partial charge >= 0.3 is 0 Å². The van der Waals surface area contributed by atoms with Crippen molar-refractivity contribution in [2.45, 2.75) is 11.6 Å². The number of fused-ring (bicyclic) bond motifs is 1. The molecule has 3 heterocycles. The first kappa shape index (κ1) is 20.5. The number of quaternary nitrogens is 1. The van der Waals surface area contributed by atoms with E-state index in [0.29, 0.717) is 42.5 Å². The number of sulfonamides is 1. The molecule has 10 heteroatoms. The lowest BCUT2D eigenvalue weighted by atomic mass is 10.1. The van der Waals surface area contributed by atoms with Crippen molar-refractivity contribution in [1.82, 2.24) is 19.1 Å². The molecule has 160 valence electrons. The molecule has 0 spiro atoms. The Labute approximate surface area is 189 Å². The molecule has 0 saturated carbocycles. The number of aromatic nitrogens is 3. The number of H-pyrrole nitrogens is 1. The largest absolute Gasteiger partial charge is 0.314 e. The van der Waals surface area contributed by atoms with Crippen molar-refractivity contribution in [2.24, 2.45) is 0 Å². The molecule has 0 aliphatic carbocycles. The molecule has 2 N–H and O–H groups in total. The number of hydrogen-bond acceptors (Lipinski definition) is 5. The zero-order valence-electron chi connectivity index (χ0n) is 16.7. The van der Waals surface area contributed by atoms with Crippen LogP contribution in [0.2, 0.25) is 0 Å². The standard InChI is InChI=1S/C21H21N5O2S3/c27-31(28,18-8-7-16-4-1-2-5-17(16)14-18)25-11-9-24(10-12-25)15-26-21(29)22-20(23-26)19-6-3-13-30-19/h1-8,13-14H,9-12,15H2,(H,22,23,29)/p+1. The van der Waals surface area contributed by atoms with Crippen LogP contribution in [0.1, 0.15) is 0 Å². The molecule has 1 aliphatic heterocycles. The van der Waals surface area contributed by atoms with Crippen LogP contribution in [-0.4, -0.2) is 53.7 Å². The minimum atomic E-state index is -3.51. The molecule has 0 atom stereocenters. The predicted molar refractivity (Wildman–Crippen MR) is 124 cm³/mol. The second-order valence-corrected chi connectivity index (χ2v) is 10.8. The van der Waals surface area contributed by atoms with Gasteiger partial charge < -0.3 is 4.90 Å². The third-order valence-corrected chi connectivity index (χ3v) is 8.69. The van der Waals surface area contributed by atoms with E-state index < -0.39 is 10.0 Å². The molecule has 4 aromatic rings. The van der Waals surface area contributed by atoms with Gasteiger partial charge in [-0.15, -0.1) is 11.3 Å². The van der Waals surface area contributed by atoms with Crippen molar-refractivity contribution in [2.75, 3.05) is 26.2 Å². The Balaban J connectivity index is 1.27. The van der Waals surface area contributed by atoms with Gasteiger partial charge in [0.05, 0.1) is 36.0 Å². The second kappa shape index (κ2) is 8.29. The van der Waals surface area contributed by atoms with Gasteiger partial charge in [-0.3, -0.25) is 5.10 Å². The van der Waals surface area contributed by atoms with Crippen molar-refractivity contribution in [3.05, 3.63) is 64.7 Å². The zero-order chi connectivity index (χ0) is 21.4. The van der Waals surface area contributed by atoms with E-state index in [0.717, 1.165) is 21.5 Å². The summed E-state index contributed by atoms with van der Waals surface area (Å²) in [5.41, 5.74) is 0. The van der Waals surface area contributed by atoms with E-state index in [4.69, 9.17) is 12.2 Å². The predicted octanol–water partition coefficient (Wildman–Crippen LogP) is 2.37. The molecule has 0 unspecified atom stereocenters. The number of aromatic amines is 1. The van der Waals surface area contributed by atoms with Crippen molar-refractivity contribution in [1.29, 1.82) is 0 Å². The Bertz CT molecular complexity index is 1370. The first-order valence-corrected chi connectivity index (χ1v) is 12.8. The highest BCUT2D eigenvalue weighted by Crippen LogP contribution is 2.22. The van der Waals surface area contributed by atoms with Gasteiger partial charge in [0.25, 0.3) is 0 Å². The summed E-state index contributed by atoms with van der Waals surface area (Å²) in [6, 6.07) is 17.1. The number of piperazine rings is 1. The van der Waals surface area contributed by atoms with Gasteiger partial charge in [-0.25, -0.2) is 13.1 Å². The average molecular weight is 473 g/mol. The van der Waals surface area contributed by atoms with Gasteiger partial charge in [0.1, 0.15) is 0 Å². The summed E-state index contributed by atoms with van der Waals surface area (Å²) in [5, 5.41) is 7.25. The van der Waals surface area contributed by atoms with Crippen LogP contribution in [0.15, 0.2) is 64.9 Å². The summed E-state index contributed by atoms with van der Waals surface area (Å²) >= 11 is 7.02. The first-order valence-electron chi connectivity index (χ1n) is 10.0. The Kier molecular flexibility index (Phi) is 5.49. The molecule has 0 radical (unpaired) electrons. The summed E-state index contributed by atoms with van der Waals surface area (Å²) in [6.45, 7) is 3.01. The normalized spacial score (nSPS) is 16.1. The van der Waals surface area contributed by atoms with Crippen LogP contribution in [0, 0.1) is 4.77 Å². The maximum Gasteiger partial charge on any atom is 0.243 e. The molecule has 0 amide bonds. The summed E-state index contributed by atoms with van der Waals surface area (Å²) in [7, 11) is -3.51. The van der Waals surface area contributed by atoms with E-state index in [1.165, 1.54) is 4.90 Å². The monoisotopic (exact) mass is 472 g/mol. The van der Waals surface area contributed by atoms with Crippen molar-refractivity contribution in [3.8, 4) is 10.7 Å². The maximum atomic E-state index is 13.2. The molecular weight excluding hydrogens is 450 g/mol. The quantitative estimate of drug-likeness (QED) is 0.438. The van der Waals surface area contributed by atoms with Crippen molar-refractivity contribution in [3.63, 3.8) is 0 Å². The van der Waals surface area contributed by atoms with E-state index in [1.54, 1.807) is 27.8 Å². The smallest absolute Gasteiger partial charge is 0.243 e. The molecule has 5 rings (SSSR count). The highest BCUT2D eigenvalue weighted by Gasteiger charge is 2.30. The van der Waals surface area contributed by atoms with Gasteiger partial charge in [0.15, 0.2) is 12.5 Å². The van der Waals surface area contributed by atoms with Crippen LogP contribution in [-0.2, 0) is 16.7 Å². The molecule has 7 nitrogen and oxygen atoms in total. The fourth-order valence-corrected chi connectivity index (χ4v) is 6.23. The minimum Gasteiger partial charge on any atom is -0.314 e. The van der Waals surface area contributed by atoms with Crippen molar-refractivity contribution < 1.29 is 13.3 Å². The van der Waals surface area contributed by atoms with Gasteiger partial charge in [0.2, 0.25) is 14.8 Å². The number of benzene rings is 2. The fraction of sp³-hybridized carbons (Fsp3) is 0.238. The zero-order valence-corrected chi connectivity index (χ0v) is 19.1. The van der Waals surface area contributed by atoms with Gasteiger partial charge in [0, 0.05) is 0 Å². The van der Waals surface area contributed by atoms with E-state index in [1.807, 2.05) is 52.5 Å². The highest BCUT2D eigenvalue weighted by atomic mass is 32.2. The maximum absolute atomic E-state index is 13.2. The molecule has 1 fully saturated rings. The van der Waals surface area contributed by atoms with Crippen LogP contribution >= 0.6 is 23.6 Å². The fourth-order valence-electron chi connectivity index (χ4n) is 3.89. The third-order valence-electron chi connectivity index (χ3n) is 5.60. The van der Waals surface area contributed by atoms with E-state index in [9.17, 15) is 8.42 Å². The van der Waals surface area contributed by atoms with Crippen LogP contribution in [0.3, 0.4) is 0 Å². The second-order valence-electron chi connectivity index (χ2n) is 7.58.